The molecular formula is C29H34ClN3O3. The van der Waals surface area contributed by atoms with Crippen LogP contribution in [0, 0.1) is 0 Å². The molecule has 1 fully saturated rings. The average Bonchev–Trinajstić information content (AvgIpc) is 2.93. The molecule has 0 atom stereocenters. The summed E-state index contributed by atoms with van der Waals surface area (Å²) in [6.07, 6.45) is 0.799. The van der Waals surface area contributed by atoms with E-state index in [1.165, 1.54) is 11.1 Å². The van der Waals surface area contributed by atoms with Crippen LogP contribution in [0.4, 0.5) is 10.5 Å². The molecular weight excluding hydrogens is 474 g/mol. The lowest BCUT2D eigenvalue weighted by Crippen LogP contribution is -2.44. The lowest BCUT2D eigenvalue weighted by atomic mass is 9.88. The number of anilines is 1. The normalized spacial score (nSPS) is 14.1. The van der Waals surface area contributed by atoms with Crippen molar-refractivity contribution in [1.29, 1.82) is 0 Å². The fourth-order valence-corrected chi connectivity index (χ4v) is 4.74. The molecule has 4 rings (SSSR count). The standard InChI is InChI=1S/C29H34ClN3O3/c30-28-12-11-26(21-25(28)22-34)31-29(35)33(16-15-32-17-19-36-20-18-32)14-13-27(23-7-3-1-4-8-23)24-9-5-2-6-10-24/h1-12,21,27,34H,13-20,22H2,(H,31,35). The highest BCUT2D eigenvalue weighted by atomic mass is 35.5. The molecule has 0 radical (unpaired) electrons. The maximum absolute atomic E-state index is 13.4. The maximum atomic E-state index is 13.4. The molecule has 1 saturated heterocycles. The first-order valence-electron chi connectivity index (χ1n) is 12.5. The molecule has 0 bridgehead atoms. The number of aliphatic hydroxyl groups excluding tert-OH is 1. The zero-order chi connectivity index (χ0) is 25.2. The minimum Gasteiger partial charge on any atom is -0.392 e. The minimum absolute atomic E-state index is 0.158. The van der Waals surface area contributed by atoms with Gasteiger partial charge in [0.25, 0.3) is 0 Å². The second-order valence-electron chi connectivity index (χ2n) is 9.00. The van der Waals surface area contributed by atoms with Gasteiger partial charge in [-0.3, -0.25) is 4.90 Å². The summed E-state index contributed by atoms with van der Waals surface area (Å²) in [6, 6.07) is 25.9. The zero-order valence-corrected chi connectivity index (χ0v) is 21.2. The third-order valence-electron chi connectivity index (χ3n) is 6.64. The molecule has 36 heavy (non-hydrogen) atoms. The molecule has 1 aliphatic rings. The molecule has 2 N–H and O–H groups in total. The number of ether oxygens (including phenoxy) is 1. The van der Waals surface area contributed by atoms with Crippen molar-refractivity contribution in [1.82, 2.24) is 9.80 Å². The lowest BCUT2D eigenvalue weighted by Gasteiger charge is -2.31. The van der Waals surface area contributed by atoms with Gasteiger partial charge in [0.2, 0.25) is 0 Å². The van der Waals surface area contributed by atoms with E-state index in [0.717, 1.165) is 39.3 Å². The highest BCUT2D eigenvalue weighted by molar-refractivity contribution is 6.31. The van der Waals surface area contributed by atoms with Crippen molar-refractivity contribution in [3.63, 3.8) is 0 Å². The SMILES string of the molecule is O=C(Nc1ccc(Cl)c(CO)c1)N(CCC(c1ccccc1)c1ccccc1)CCN1CCOCC1. The van der Waals surface area contributed by atoms with Gasteiger partial charge in [-0.2, -0.15) is 0 Å². The van der Waals surface area contributed by atoms with E-state index in [0.29, 0.717) is 29.4 Å². The van der Waals surface area contributed by atoms with Gasteiger partial charge >= 0.3 is 6.03 Å². The van der Waals surface area contributed by atoms with E-state index in [2.05, 4.69) is 58.7 Å². The summed E-state index contributed by atoms with van der Waals surface area (Å²) < 4.78 is 5.48. The van der Waals surface area contributed by atoms with Gasteiger partial charge in [-0.05, 0) is 41.3 Å². The Bertz CT molecular complexity index is 1050. The molecule has 0 aliphatic carbocycles. The number of morpholine rings is 1. The number of carbonyl (C=O) groups excluding carboxylic acids is 1. The topological polar surface area (TPSA) is 65.0 Å². The Labute approximate surface area is 218 Å². The third kappa shape index (κ3) is 7.31. The number of hydrogen-bond donors (Lipinski definition) is 2. The molecule has 7 heteroatoms. The van der Waals surface area contributed by atoms with Gasteiger partial charge in [-0.25, -0.2) is 4.79 Å². The van der Waals surface area contributed by atoms with E-state index in [4.69, 9.17) is 16.3 Å². The highest BCUT2D eigenvalue weighted by Gasteiger charge is 2.21. The van der Waals surface area contributed by atoms with Crippen molar-refractivity contribution in [2.75, 3.05) is 51.3 Å². The second kappa shape index (κ2) is 13.4. The molecule has 1 heterocycles. The third-order valence-corrected chi connectivity index (χ3v) is 7.00. The Morgan fingerprint density at radius 1 is 0.972 bits per heavy atom. The number of nitrogens with zero attached hydrogens (tertiary/aromatic N) is 2. The van der Waals surface area contributed by atoms with Crippen molar-refractivity contribution in [3.8, 4) is 0 Å². The number of aliphatic hydroxyl groups is 1. The molecule has 3 aromatic rings. The van der Waals surface area contributed by atoms with E-state index in [1.807, 2.05) is 17.0 Å². The summed E-state index contributed by atoms with van der Waals surface area (Å²) >= 11 is 6.13. The van der Waals surface area contributed by atoms with Gasteiger partial charge in [0.05, 0.1) is 19.8 Å². The zero-order valence-electron chi connectivity index (χ0n) is 20.5. The van der Waals surface area contributed by atoms with Crippen LogP contribution in [-0.2, 0) is 11.3 Å². The Morgan fingerprint density at radius 2 is 1.61 bits per heavy atom. The number of hydrogen-bond acceptors (Lipinski definition) is 4. The number of urea groups is 1. The van der Waals surface area contributed by atoms with E-state index in [9.17, 15) is 9.90 Å². The number of halogens is 1. The van der Waals surface area contributed by atoms with Crippen molar-refractivity contribution >= 4 is 23.3 Å². The van der Waals surface area contributed by atoms with E-state index in [1.54, 1.807) is 18.2 Å². The Morgan fingerprint density at radius 3 is 2.22 bits per heavy atom. The molecule has 6 nitrogen and oxygen atoms in total. The quantitative estimate of drug-likeness (QED) is 0.395. The van der Waals surface area contributed by atoms with Gasteiger partial charge in [0, 0.05) is 49.4 Å². The molecule has 3 aromatic carbocycles. The molecule has 190 valence electrons. The maximum Gasteiger partial charge on any atom is 0.321 e. The number of rotatable bonds is 10. The summed E-state index contributed by atoms with van der Waals surface area (Å²) in [5.74, 6) is 0.183. The molecule has 0 saturated carbocycles. The summed E-state index contributed by atoms with van der Waals surface area (Å²) in [5, 5.41) is 13.0. The van der Waals surface area contributed by atoms with Crippen LogP contribution in [-0.4, -0.2) is 66.9 Å². The summed E-state index contributed by atoms with van der Waals surface area (Å²) in [7, 11) is 0. The van der Waals surface area contributed by atoms with Crippen LogP contribution in [0.25, 0.3) is 0 Å². The number of benzene rings is 3. The Balaban J connectivity index is 1.50. The fraction of sp³-hybridized carbons (Fsp3) is 0.345. The van der Waals surface area contributed by atoms with Crippen LogP contribution in [0.5, 0.6) is 0 Å². The van der Waals surface area contributed by atoms with Crippen LogP contribution in [0.3, 0.4) is 0 Å². The van der Waals surface area contributed by atoms with Crippen molar-refractivity contribution in [2.45, 2.75) is 18.9 Å². The average molecular weight is 508 g/mol. The fourth-order valence-electron chi connectivity index (χ4n) is 4.56. The van der Waals surface area contributed by atoms with Crippen molar-refractivity contribution in [2.24, 2.45) is 0 Å². The molecule has 0 spiro atoms. The Hall–Kier alpha value is -2.90. The monoisotopic (exact) mass is 507 g/mol. The molecule has 2 amide bonds. The van der Waals surface area contributed by atoms with Crippen LogP contribution in [0.15, 0.2) is 78.9 Å². The largest absolute Gasteiger partial charge is 0.392 e. The second-order valence-corrected chi connectivity index (χ2v) is 9.41. The number of nitrogens with one attached hydrogen (secondary N) is 1. The van der Waals surface area contributed by atoms with Crippen LogP contribution in [0.1, 0.15) is 29.0 Å². The van der Waals surface area contributed by atoms with Crippen LogP contribution in [0.2, 0.25) is 5.02 Å². The van der Waals surface area contributed by atoms with Crippen molar-refractivity contribution in [3.05, 3.63) is 101 Å². The van der Waals surface area contributed by atoms with Gasteiger partial charge in [-0.1, -0.05) is 72.3 Å². The van der Waals surface area contributed by atoms with E-state index in [-0.39, 0.29) is 18.6 Å². The predicted molar refractivity (Wildman–Crippen MR) is 145 cm³/mol. The Kier molecular flexibility index (Phi) is 9.76. The van der Waals surface area contributed by atoms with Gasteiger partial charge in [0.15, 0.2) is 0 Å². The molecule has 0 aromatic heterocycles. The van der Waals surface area contributed by atoms with Gasteiger partial charge < -0.3 is 20.1 Å². The van der Waals surface area contributed by atoms with Crippen molar-refractivity contribution < 1.29 is 14.6 Å². The smallest absolute Gasteiger partial charge is 0.321 e. The van der Waals surface area contributed by atoms with Crippen LogP contribution >= 0.6 is 11.6 Å². The number of amides is 2. The van der Waals surface area contributed by atoms with Gasteiger partial charge in [-0.15, -0.1) is 0 Å². The first kappa shape index (κ1) is 26.2. The first-order valence-corrected chi connectivity index (χ1v) is 12.9. The lowest BCUT2D eigenvalue weighted by molar-refractivity contribution is 0.0351. The summed E-state index contributed by atoms with van der Waals surface area (Å²) in [5.41, 5.74) is 3.68. The molecule has 0 unspecified atom stereocenters. The minimum atomic E-state index is -0.181. The predicted octanol–water partition coefficient (Wildman–Crippen LogP) is 5.22. The summed E-state index contributed by atoms with van der Waals surface area (Å²) in [6.45, 7) is 5.04. The summed E-state index contributed by atoms with van der Waals surface area (Å²) in [4.78, 5) is 17.7. The highest BCUT2D eigenvalue weighted by Crippen LogP contribution is 2.28. The number of carbonyl (C=O) groups is 1. The van der Waals surface area contributed by atoms with E-state index >= 15 is 0 Å². The molecule has 1 aliphatic heterocycles. The van der Waals surface area contributed by atoms with Crippen LogP contribution < -0.4 is 5.32 Å². The van der Waals surface area contributed by atoms with Gasteiger partial charge in [0.1, 0.15) is 0 Å². The van der Waals surface area contributed by atoms with E-state index < -0.39 is 0 Å². The first-order chi connectivity index (χ1) is 17.6.